The van der Waals surface area contributed by atoms with Gasteiger partial charge in [-0.3, -0.25) is 0 Å². The fraction of sp³-hybridized carbons (Fsp3) is 0.571. The lowest BCUT2D eigenvalue weighted by molar-refractivity contribution is -0.137. The molecule has 0 amide bonds. The Kier molecular flexibility index (Phi) is 6.01. The minimum absolute atomic E-state index is 0. The fourth-order valence-electron chi connectivity index (χ4n) is 2.76. The summed E-state index contributed by atoms with van der Waals surface area (Å²) in [6.07, 6.45) is -2.02. The van der Waals surface area contributed by atoms with Crippen LogP contribution in [0, 0.1) is 11.7 Å². The first-order chi connectivity index (χ1) is 9.29. The molecule has 0 bridgehead atoms. The molecule has 1 aromatic rings. The number of aliphatic hydroxyl groups excluding tert-OH is 1. The topological polar surface area (TPSA) is 46.2 Å². The maximum absolute atomic E-state index is 13.3. The van der Waals surface area contributed by atoms with Gasteiger partial charge in [0.15, 0.2) is 0 Å². The number of rotatable bonds is 3. The molecule has 1 aromatic carbocycles. The van der Waals surface area contributed by atoms with Gasteiger partial charge in [0.2, 0.25) is 0 Å². The average Bonchev–Trinajstić information content (AvgIpc) is 2.89. The van der Waals surface area contributed by atoms with Crippen LogP contribution in [0.1, 0.15) is 42.9 Å². The summed E-state index contributed by atoms with van der Waals surface area (Å²) in [4.78, 5) is 0. The second-order valence-corrected chi connectivity index (χ2v) is 5.33. The third-order valence-corrected chi connectivity index (χ3v) is 3.88. The van der Waals surface area contributed by atoms with Crippen molar-refractivity contribution in [3.63, 3.8) is 0 Å². The van der Waals surface area contributed by atoms with Crippen molar-refractivity contribution in [3.8, 4) is 0 Å². The maximum atomic E-state index is 13.3. The largest absolute Gasteiger partial charge is 0.416 e. The van der Waals surface area contributed by atoms with E-state index in [4.69, 9.17) is 5.73 Å². The van der Waals surface area contributed by atoms with Crippen molar-refractivity contribution < 1.29 is 22.7 Å². The van der Waals surface area contributed by atoms with Crippen molar-refractivity contribution >= 4 is 12.4 Å². The molecule has 2 nitrogen and oxygen atoms in total. The van der Waals surface area contributed by atoms with Crippen LogP contribution in [0.4, 0.5) is 17.6 Å². The molecule has 0 unspecified atom stereocenters. The summed E-state index contributed by atoms with van der Waals surface area (Å²) in [6, 6.07) is 1.19. The van der Waals surface area contributed by atoms with Crippen LogP contribution < -0.4 is 5.73 Å². The molecule has 21 heavy (non-hydrogen) atoms. The Bertz CT molecular complexity index is 475. The molecule has 2 atom stereocenters. The van der Waals surface area contributed by atoms with E-state index >= 15 is 0 Å². The van der Waals surface area contributed by atoms with Crippen LogP contribution in [-0.4, -0.2) is 11.2 Å². The first-order valence-electron chi connectivity index (χ1n) is 6.60. The van der Waals surface area contributed by atoms with Crippen molar-refractivity contribution in [3.05, 3.63) is 35.1 Å². The van der Waals surface area contributed by atoms with Crippen LogP contribution in [0.15, 0.2) is 18.2 Å². The fourth-order valence-corrected chi connectivity index (χ4v) is 2.76. The monoisotopic (exact) mass is 327 g/mol. The molecule has 0 spiro atoms. The molecule has 0 radical (unpaired) electrons. The second-order valence-electron chi connectivity index (χ2n) is 5.33. The molecule has 1 fully saturated rings. The number of nitrogens with two attached hydrogens (primary N) is 1. The first kappa shape index (κ1) is 18.2. The van der Waals surface area contributed by atoms with Gasteiger partial charge in [-0.1, -0.05) is 12.8 Å². The van der Waals surface area contributed by atoms with Crippen LogP contribution in [0.5, 0.6) is 0 Å². The lowest BCUT2D eigenvalue weighted by Crippen LogP contribution is -2.32. The molecular formula is C14H18ClF4NO. The molecule has 7 heteroatoms. The van der Waals surface area contributed by atoms with Crippen molar-refractivity contribution in [2.75, 3.05) is 0 Å². The molecular weight excluding hydrogens is 310 g/mol. The Morgan fingerprint density at radius 3 is 2.24 bits per heavy atom. The number of halogens is 5. The van der Waals surface area contributed by atoms with E-state index in [0.717, 1.165) is 37.8 Å². The van der Waals surface area contributed by atoms with Gasteiger partial charge in [0.05, 0.1) is 17.7 Å². The predicted octanol–water partition coefficient (Wildman–Crippen LogP) is 3.82. The summed E-state index contributed by atoms with van der Waals surface area (Å²) < 4.78 is 51.3. The van der Waals surface area contributed by atoms with Crippen molar-refractivity contribution in [2.24, 2.45) is 11.7 Å². The van der Waals surface area contributed by atoms with Gasteiger partial charge in [0.25, 0.3) is 0 Å². The molecule has 0 aliphatic heterocycles. The van der Waals surface area contributed by atoms with E-state index in [9.17, 15) is 22.7 Å². The van der Waals surface area contributed by atoms with Crippen LogP contribution in [0.2, 0.25) is 0 Å². The lowest BCUT2D eigenvalue weighted by atomic mass is 9.90. The van der Waals surface area contributed by atoms with Gasteiger partial charge in [-0.25, -0.2) is 4.39 Å². The zero-order valence-electron chi connectivity index (χ0n) is 11.2. The minimum Gasteiger partial charge on any atom is -0.391 e. The zero-order valence-corrected chi connectivity index (χ0v) is 12.1. The lowest BCUT2D eigenvalue weighted by Gasteiger charge is -2.25. The number of aliphatic hydroxyl groups is 1. The summed E-state index contributed by atoms with van der Waals surface area (Å²) in [5, 5.41) is 10.1. The summed E-state index contributed by atoms with van der Waals surface area (Å²) >= 11 is 0. The molecule has 0 saturated heterocycles. The Balaban J connectivity index is 0.00000220. The number of alkyl halides is 3. The average molecular weight is 328 g/mol. The summed E-state index contributed by atoms with van der Waals surface area (Å²) in [5.74, 6) is -1.02. The van der Waals surface area contributed by atoms with Gasteiger partial charge in [0, 0.05) is 0 Å². The zero-order chi connectivity index (χ0) is 14.9. The molecule has 0 heterocycles. The number of hydrogen-bond acceptors (Lipinski definition) is 2. The van der Waals surface area contributed by atoms with Gasteiger partial charge < -0.3 is 10.8 Å². The molecule has 3 N–H and O–H groups in total. The summed E-state index contributed by atoms with van der Waals surface area (Å²) in [5.41, 5.74) is 4.72. The van der Waals surface area contributed by atoms with E-state index in [-0.39, 0.29) is 23.9 Å². The Labute approximate surface area is 126 Å². The standard InChI is InChI=1S/C14H17F4NO.ClH/c15-11-6-9(5-10(7-11)14(16,17)18)12(19)13(20)8-3-1-2-4-8;/h5-8,12-13,20H,1-4,19H2;1H/t12-,13+;/m1./s1. The summed E-state index contributed by atoms with van der Waals surface area (Å²) in [7, 11) is 0. The SMILES string of the molecule is Cl.N[C@H](c1cc(F)cc(C(F)(F)F)c1)[C@@H](O)C1CCCC1. The molecule has 2 rings (SSSR count). The highest BCUT2D eigenvalue weighted by atomic mass is 35.5. The van der Waals surface area contributed by atoms with E-state index in [1.807, 2.05) is 0 Å². The Hall–Kier alpha value is -0.850. The van der Waals surface area contributed by atoms with E-state index in [2.05, 4.69) is 0 Å². The molecule has 0 aromatic heterocycles. The quantitative estimate of drug-likeness (QED) is 0.829. The van der Waals surface area contributed by atoms with E-state index in [1.54, 1.807) is 0 Å². The van der Waals surface area contributed by atoms with Gasteiger partial charge in [0.1, 0.15) is 5.82 Å². The van der Waals surface area contributed by atoms with Crippen LogP contribution in [0.25, 0.3) is 0 Å². The van der Waals surface area contributed by atoms with Gasteiger partial charge >= 0.3 is 6.18 Å². The predicted molar refractivity (Wildman–Crippen MR) is 73.5 cm³/mol. The summed E-state index contributed by atoms with van der Waals surface area (Å²) in [6.45, 7) is 0. The van der Waals surface area contributed by atoms with Crippen molar-refractivity contribution in [1.82, 2.24) is 0 Å². The molecule has 1 aliphatic rings. The molecule has 1 aliphatic carbocycles. The van der Waals surface area contributed by atoms with E-state index < -0.39 is 29.7 Å². The minimum atomic E-state index is -4.63. The highest BCUT2D eigenvalue weighted by molar-refractivity contribution is 5.85. The van der Waals surface area contributed by atoms with Gasteiger partial charge in [-0.15, -0.1) is 12.4 Å². The number of hydrogen-bond donors (Lipinski definition) is 2. The molecule has 120 valence electrons. The third kappa shape index (κ3) is 4.31. The Morgan fingerprint density at radius 2 is 1.71 bits per heavy atom. The maximum Gasteiger partial charge on any atom is 0.416 e. The molecule has 1 saturated carbocycles. The third-order valence-electron chi connectivity index (χ3n) is 3.88. The first-order valence-corrected chi connectivity index (χ1v) is 6.60. The van der Waals surface area contributed by atoms with Crippen molar-refractivity contribution in [2.45, 2.75) is 44.0 Å². The van der Waals surface area contributed by atoms with Crippen LogP contribution in [-0.2, 0) is 6.18 Å². The van der Waals surface area contributed by atoms with Crippen LogP contribution in [0.3, 0.4) is 0 Å². The number of benzene rings is 1. The Morgan fingerprint density at radius 1 is 1.14 bits per heavy atom. The van der Waals surface area contributed by atoms with Crippen LogP contribution >= 0.6 is 12.4 Å². The van der Waals surface area contributed by atoms with Gasteiger partial charge in [-0.05, 0) is 42.5 Å². The highest BCUT2D eigenvalue weighted by Crippen LogP contribution is 2.35. The normalized spacial score (nSPS) is 19.1. The highest BCUT2D eigenvalue weighted by Gasteiger charge is 2.34. The van der Waals surface area contributed by atoms with Gasteiger partial charge in [-0.2, -0.15) is 13.2 Å². The van der Waals surface area contributed by atoms with E-state index in [0.29, 0.717) is 6.07 Å². The van der Waals surface area contributed by atoms with Crippen molar-refractivity contribution in [1.29, 1.82) is 0 Å². The van der Waals surface area contributed by atoms with E-state index in [1.165, 1.54) is 0 Å². The smallest absolute Gasteiger partial charge is 0.391 e. The second kappa shape index (κ2) is 6.94.